The van der Waals surface area contributed by atoms with Gasteiger partial charge in [0.1, 0.15) is 23.9 Å². The molecule has 1 amide bonds. The summed E-state index contributed by atoms with van der Waals surface area (Å²) in [5, 5.41) is 2.77. The molecule has 0 aliphatic heterocycles. The minimum absolute atomic E-state index is 0.214. The van der Waals surface area contributed by atoms with Gasteiger partial charge in [-0.3, -0.25) is 4.79 Å². The van der Waals surface area contributed by atoms with Gasteiger partial charge >= 0.3 is 0 Å². The Balaban J connectivity index is 1.75. The minimum atomic E-state index is -0.614. The molecule has 122 valence electrons. The lowest BCUT2D eigenvalue weighted by Crippen LogP contribution is -2.39. The number of nitrogens with one attached hydrogen (secondary N) is 1. The SMILES string of the molecule is CC[C@H](Oc1ccc(F)cc1)C(=O)NCCOc1ccccc1. The van der Waals surface area contributed by atoms with Gasteiger partial charge < -0.3 is 14.8 Å². The van der Waals surface area contributed by atoms with Crippen LogP contribution in [0.3, 0.4) is 0 Å². The first kappa shape index (κ1) is 16.8. The number of ether oxygens (including phenoxy) is 2. The third-order valence-electron chi connectivity index (χ3n) is 3.17. The predicted molar refractivity (Wildman–Crippen MR) is 86.1 cm³/mol. The van der Waals surface area contributed by atoms with Gasteiger partial charge in [0.15, 0.2) is 6.10 Å². The number of rotatable bonds is 8. The van der Waals surface area contributed by atoms with Crippen LogP contribution in [0.2, 0.25) is 0 Å². The zero-order chi connectivity index (χ0) is 16.5. The molecule has 5 heteroatoms. The Kier molecular flexibility index (Phi) is 6.41. The first-order valence-electron chi connectivity index (χ1n) is 7.57. The molecule has 2 aromatic carbocycles. The zero-order valence-corrected chi connectivity index (χ0v) is 13.0. The molecule has 4 nitrogen and oxygen atoms in total. The zero-order valence-electron chi connectivity index (χ0n) is 13.0. The van der Waals surface area contributed by atoms with Crippen molar-refractivity contribution in [2.75, 3.05) is 13.2 Å². The van der Waals surface area contributed by atoms with Crippen molar-refractivity contribution in [1.29, 1.82) is 0 Å². The Morgan fingerprint density at radius 3 is 2.43 bits per heavy atom. The van der Waals surface area contributed by atoms with E-state index < -0.39 is 6.10 Å². The average Bonchev–Trinajstić information content (AvgIpc) is 2.59. The molecule has 0 heterocycles. The maximum atomic E-state index is 12.9. The normalized spacial score (nSPS) is 11.6. The maximum Gasteiger partial charge on any atom is 0.261 e. The fourth-order valence-electron chi connectivity index (χ4n) is 1.97. The van der Waals surface area contributed by atoms with E-state index in [-0.39, 0.29) is 11.7 Å². The van der Waals surface area contributed by atoms with E-state index in [0.29, 0.717) is 25.3 Å². The number of carbonyl (C=O) groups is 1. The van der Waals surface area contributed by atoms with Gasteiger partial charge in [0.05, 0.1) is 6.54 Å². The number of hydrogen-bond acceptors (Lipinski definition) is 3. The Bertz CT molecular complexity index is 601. The second-order valence-corrected chi connectivity index (χ2v) is 4.92. The van der Waals surface area contributed by atoms with Crippen LogP contribution in [0.5, 0.6) is 11.5 Å². The summed E-state index contributed by atoms with van der Waals surface area (Å²) in [4.78, 5) is 12.1. The van der Waals surface area contributed by atoms with Crippen molar-refractivity contribution < 1.29 is 18.7 Å². The third kappa shape index (κ3) is 5.62. The molecule has 1 atom stereocenters. The fraction of sp³-hybridized carbons (Fsp3) is 0.278. The van der Waals surface area contributed by atoms with Gasteiger partial charge in [-0.15, -0.1) is 0 Å². The van der Waals surface area contributed by atoms with Crippen molar-refractivity contribution in [1.82, 2.24) is 5.32 Å². The number of benzene rings is 2. The molecule has 2 rings (SSSR count). The quantitative estimate of drug-likeness (QED) is 0.761. The number of hydrogen-bond donors (Lipinski definition) is 1. The minimum Gasteiger partial charge on any atom is -0.492 e. The van der Waals surface area contributed by atoms with Crippen LogP contribution in [0.4, 0.5) is 4.39 Å². The van der Waals surface area contributed by atoms with Crippen LogP contribution in [0.15, 0.2) is 54.6 Å². The summed E-state index contributed by atoms with van der Waals surface area (Å²) in [5.74, 6) is 0.673. The molecule has 0 saturated carbocycles. The van der Waals surface area contributed by atoms with Crippen molar-refractivity contribution >= 4 is 5.91 Å². The first-order valence-corrected chi connectivity index (χ1v) is 7.57. The Morgan fingerprint density at radius 1 is 1.09 bits per heavy atom. The van der Waals surface area contributed by atoms with Gasteiger partial charge in [-0.05, 0) is 42.8 Å². The average molecular weight is 317 g/mol. The molecule has 0 aliphatic carbocycles. The van der Waals surface area contributed by atoms with E-state index in [1.165, 1.54) is 24.3 Å². The lowest BCUT2D eigenvalue weighted by atomic mass is 10.2. The predicted octanol–water partition coefficient (Wildman–Crippen LogP) is 3.18. The molecule has 0 aromatic heterocycles. The van der Waals surface area contributed by atoms with Crippen molar-refractivity contribution in [2.45, 2.75) is 19.4 Å². The molecule has 2 aromatic rings. The van der Waals surface area contributed by atoms with Gasteiger partial charge in [-0.25, -0.2) is 4.39 Å². The molecule has 1 N–H and O–H groups in total. The molecule has 0 bridgehead atoms. The number of halogens is 1. The summed E-state index contributed by atoms with van der Waals surface area (Å²) in [7, 11) is 0. The van der Waals surface area contributed by atoms with Gasteiger partial charge in [0, 0.05) is 0 Å². The van der Waals surface area contributed by atoms with Crippen LogP contribution in [-0.2, 0) is 4.79 Å². The van der Waals surface area contributed by atoms with E-state index >= 15 is 0 Å². The van der Waals surface area contributed by atoms with E-state index in [1.807, 2.05) is 37.3 Å². The molecule has 0 radical (unpaired) electrons. The fourth-order valence-corrected chi connectivity index (χ4v) is 1.97. The van der Waals surface area contributed by atoms with E-state index in [1.54, 1.807) is 0 Å². The Morgan fingerprint density at radius 2 is 1.78 bits per heavy atom. The monoisotopic (exact) mass is 317 g/mol. The number of carbonyl (C=O) groups excluding carboxylic acids is 1. The van der Waals surface area contributed by atoms with Crippen LogP contribution in [-0.4, -0.2) is 25.2 Å². The van der Waals surface area contributed by atoms with E-state index in [0.717, 1.165) is 5.75 Å². The molecule has 23 heavy (non-hydrogen) atoms. The first-order chi connectivity index (χ1) is 11.2. The van der Waals surface area contributed by atoms with Crippen LogP contribution < -0.4 is 14.8 Å². The van der Waals surface area contributed by atoms with Gasteiger partial charge in [0.2, 0.25) is 0 Å². The molecule has 0 unspecified atom stereocenters. The van der Waals surface area contributed by atoms with Gasteiger partial charge in [-0.2, -0.15) is 0 Å². The highest BCUT2D eigenvalue weighted by Crippen LogP contribution is 2.14. The molecule has 0 spiro atoms. The summed E-state index contributed by atoms with van der Waals surface area (Å²) < 4.78 is 23.9. The summed E-state index contributed by atoms with van der Waals surface area (Å²) >= 11 is 0. The largest absolute Gasteiger partial charge is 0.492 e. The van der Waals surface area contributed by atoms with Crippen LogP contribution in [0.25, 0.3) is 0 Å². The van der Waals surface area contributed by atoms with E-state index in [4.69, 9.17) is 9.47 Å². The lowest BCUT2D eigenvalue weighted by molar-refractivity contribution is -0.128. The van der Waals surface area contributed by atoms with Crippen LogP contribution in [0.1, 0.15) is 13.3 Å². The second-order valence-electron chi connectivity index (χ2n) is 4.92. The number of para-hydroxylation sites is 1. The highest BCUT2D eigenvalue weighted by molar-refractivity contribution is 5.81. The summed E-state index contributed by atoms with van der Waals surface area (Å²) in [6, 6.07) is 15.0. The van der Waals surface area contributed by atoms with Crippen molar-refractivity contribution in [2.24, 2.45) is 0 Å². The van der Waals surface area contributed by atoms with E-state index in [9.17, 15) is 9.18 Å². The second kappa shape index (κ2) is 8.78. The highest BCUT2D eigenvalue weighted by Gasteiger charge is 2.17. The van der Waals surface area contributed by atoms with Crippen molar-refractivity contribution in [3.8, 4) is 11.5 Å². The van der Waals surface area contributed by atoms with Gasteiger partial charge in [0.25, 0.3) is 5.91 Å². The topological polar surface area (TPSA) is 47.6 Å². The summed E-state index contributed by atoms with van der Waals surface area (Å²) in [6.07, 6.45) is -0.0971. The molecular weight excluding hydrogens is 297 g/mol. The molecule has 0 saturated heterocycles. The van der Waals surface area contributed by atoms with Gasteiger partial charge in [-0.1, -0.05) is 25.1 Å². The lowest BCUT2D eigenvalue weighted by Gasteiger charge is -2.17. The Hall–Kier alpha value is -2.56. The summed E-state index contributed by atoms with van der Waals surface area (Å²) in [5.41, 5.74) is 0. The Labute approximate surface area is 135 Å². The maximum absolute atomic E-state index is 12.9. The highest BCUT2D eigenvalue weighted by atomic mass is 19.1. The molecular formula is C18H20FNO3. The molecule has 0 fully saturated rings. The standard InChI is InChI=1S/C18H20FNO3/c1-2-17(23-16-10-8-14(19)9-11-16)18(21)20-12-13-22-15-6-4-3-5-7-15/h3-11,17H,2,12-13H2,1H3,(H,20,21)/t17-/m0/s1. The molecule has 0 aliphatic rings. The van der Waals surface area contributed by atoms with E-state index in [2.05, 4.69) is 5.32 Å². The van der Waals surface area contributed by atoms with Crippen LogP contribution >= 0.6 is 0 Å². The smallest absolute Gasteiger partial charge is 0.261 e. The summed E-state index contributed by atoms with van der Waals surface area (Å²) in [6.45, 7) is 2.62. The van der Waals surface area contributed by atoms with Crippen molar-refractivity contribution in [3.05, 3.63) is 60.4 Å². The third-order valence-corrected chi connectivity index (χ3v) is 3.17. The number of amides is 1. The van der Waals surface area contributed by atoms with Crippen LogP contribution in [0, 0.1) is 5.82 Å². The van der Waals surface area contributed by atoms with Crippen molar-refractivity contribution in [3.63, 3.8) is 0 Å².